The van der Waals surface area contributed by atoms with E-state index in [1.54, 1.807) is 12.4 Å². The van der Waals surface area contributed by atoms with Gasteiger partial charge in [-0.3, -0.25) is 0 Å². The van der Waals surface area contributed by atoms with Crippen molar-refractivity contribution >= 4 is 55.0 Å². The second kappa shape index (κ2) is 8.37. The van der Waals surface area contributed by atoms with Gasteiger partial charge in [0.1, 0.15) is 0 Å². The number of fused-ring (bicyclic) bond motifs is 7. The number of nitrogens with zero attached hydrogens (tertiary/aromatic N) is 5. The lowest BCUT2D eigenvalue weighted by Crippen LogP contribution is -1.94. The molecule has 4 heterocycles. The van der Waals surface area contributed by atoms with Gasteiger partial charge in [-0.15, -0.1) is 0 Å². The standard InChI is InChI=1S/C35H21N5O/c1-2-8-23(9-3-1)39-29-12-6-4-10-25(29)27-21-32-28(20-31(27)39)26-11-5-7-13-30(26)40(32)24-16-14-22(15-17-24)34-38-33-35(41-34)37-19-18-36-33/h1-21H. The molecule has 5 aromatic carbocycles. The van der Waals surface area contributed by atoms with Gasteiger partial charge < -0.3 is 13.6 Å². The van der Waals surface area contributed by atoms with Crippen LogP contribution in [0.15, 0.2) is 132 Å². The maximum absolute atomic E-state index is 5.86. The molecule has 6 heteroatoms. The molecule has 0 aliphatic rings. The first-order valence-corrected chi connectivity index (χ1v) is 13.5. The summed E-state index contributed by atoms with van der Waals surface area (Å²) in [5.74, 6) is 0.510. The van der Waals surface area contributed by atoms with Crippen LogP contribution in [0, 0.1) is 0 Å². The molecule has 0 aliphatic carbocycles. The summed E-state index contributed by atoms with van der Waals surface area (Å²) in [7, 11) is 0. The Bertz CT molecular complexity index is 2380. The van der Waals surface area contributed by atoms with E-state index in [-0.39, 0.29) is 0 Å². The minimum absolute atomic E-state index is 0.438. The Balaban J connectivity index is 1.30. The van der Waals surface area contributed by atoms with Crippen molar-refractivity contribution in [2.45, 2.75) is 0 Å². The number of benzene rings is 5. The first kappa shape index (κ1) is 22.1. The fraction of sp³-hybridized carbons (Fsp3) is 0. The van der Waals surface area contributed by atoms with Gasteiger partial charge >= 0.3 is 0 Å². The van der Waals surface area contributed by atoms with Gasteiger partial charge in [0, 0.05) is 50.9 Å². The van der Waals surface area contributed by atoms with Crippen LogP contribution < -0.4 is 0 Å². The number of oxazole rings is 1. The van der Waals surface area contributed by atoms with Crippen LogP contribution in [0.2, 0.25) is 0 Å². The molecule has 0 atom stereocenters. The zero-order valence-corrected chi connectivity index (χ0v) is 21.8. The van der Waals surface area contributed by atoms with Crippen LogP contribution in [0.5, 0.6) is 0 Å². The molecule has 9 rings (SSSR count). The normalized spacial score (nSPS) is 11.9. The average Bonchev–Trinajstić information content (AvgIpc) is 3.71. The number of hydrogen-bond acceptors (Lipinski definition) is 4. The SMILES string of the molecule is c1ccc(-n2c3ccccc3c3cc4c(cc32)c2ccccc2n4-c2ccc(-c3nc4nccnc4o3)cc2)cc1. The van der Waals surface area contributed by atoms with Crippen LogP contribution >= 0.6 is 0 Å². The Labute approximate surface area is 233 Å². The van der Waals surface area contributed by atoms with Gasteiger partial charge in [-0.2, -0.15) is 4.98 Å². The van der Waals surface area contributed by atoms with Crippen LogP contribution in [0.3, 0.4) is 0 Å². The van der Waals surface area contributed by atoms with Gasteiger partial charge in [0.15, 0.2) is 0 Å². The zero-order valence-electron chi connectivity index (χ0n) is 21.8. The summed E-state index contributed by atoms with van der Waals surface area (Å²) in [6.45, 7) is 0. The molecule has 0 saturated heterocycles. The summed E-state index contributed by atoms with van der Waals surface area (Å²) in [6, 6.07) is 40.9. The monoisotopic (exact) mass is 527 g/mol. The van der Waals surface area contributed by atoms with Crippen LogP contribution in [0.4, 0.5) is 0 Å². The molecule has 0 spiro atoms. The van der Waals surface area contributed by atoms with Crippen LogP contribution in [0.25, 0.3) is 77.8 Å². The van der Waals surface area contributed by atoms with E-state index in [4.69, 9.17) is 4.42 Å². The van der Waals surface area contributed by atoms with Gasteiger partial charge in [0.2, 0.25) is 11.5 Å². The molecule has 0 amide bonds. The summed E-state index contributed by atoms with van der Waals surface area (Å²) in [5.41, 5.74) is 8.76. The van der Waals surface area contributed by atoms with Crippen molar-refractivity contribution in [2.24, 2.45) is 0 Å². The van der Waals surface area contributed by atoms with Crippen molar-refractivity contribution in [3.05, 3.63) is 128 Å². The minimum atomic E-state index is 0.438. The summed E-state index contributed by atoms with van der Waals surface area (Å²) in [4.78, 5) is 13.0. The molecule has 0 aliphatic heterocycles. The Kier molecular flexibility index (Phi) is 4.51. The van der Waals surface area contributed by atoms with E-state index in [0.717, 1.165) is 28.0 Å². The summed E-state index contributed by atoms with van der Waals surface area (Å²) in [6.07, 6.45) is 3.23. The van der Waals surface area contributed by atoms with Gasteiger partial charge in [-0.05, 0) is 60.7 Å². The van der Waals surface area contributed by atoms with Crippen molar-refractivity contribution in [2.75, 3.05) is 0 Å². The second-order valence-corrected chi connectivity index (χ2v) is 10.2. The van der Waals surface area contributed by atoms with E-state index in [1.165, 1.54) is 32.6 Å². The summed E-state index contributed by atoms with van der Waals surface area (Å²) in [5, 5.41) is 4.89. The first-order valence-electron chi connectivity index (χ1n) is 13.5. The third-order valence-electron chi connectivity index (χ3n) is 7.90. The van der Waals surface area contributed by atoms with Gasteiger partial charge in [0.25, 0.3) is 5.71 Å². The van der Waals surface area contributed by atoms with E-state index in [1.807, 2.05) is 12.1 Å². The fourth-order valence-electron chi connectivity index (χ4n) is 6.12. The highest BCUT2D eigenvalue weighted by Gasteiger charge is 2.18. The Hall–Kier alpha value is -5.75. The highest BCUT2D eigenvalue weighted by molar-refractivity contribution is 6.19. The molecule has 4 aromatic heterocycles. The van der Waals surface area contributed by atoms with Crippen LogP contribution in [-0.4, -0.2) is 24.1 Å². The zero-order chi connectivity index (χ0) is 26.9. The Morgan fingerprint density at radius 1 is 0.488 bits per heavy atom. The van der Waals surface area contributed by atoms with E-state index in [0.29, 0.717) is 17.3 Å². The van der Waals surface area contributed by atoms with Crippen molar-refractivity contribution in [1.29, 1.82) is 0 Å². The number of rotatable bonds is 3. The highest BCUT2D eigenvalue weighted by atomic mass is 16.4. The first-order chi connectivity index (χ1) is 20.3. The third kappa shape index (κ3) is 3.22. The fourth-order valence-corrected chi connectivity index (χ4v) is 6.12. The van der Waals surface area contributed by atoms with Gasteiger partial charge in [-0.25, -0.2) is 9.97 Å². The third-order valence-corrected chi connectivity index (χ3v) is 7.90. The van der Waals surface area contributed by atoms with Crippen LogP contribution in [-0.2, 0) is 0 Å². The van der Waals surface area contributed by atoms with Gasteiger partial charge in [-0.1, -0.05) is 54.6 Å². The number of aromatic nitrogens is 5. The predicted octanol–water partition coefficient (Wildman–Crippen LogP) is 8.48. The molecule has 41 heavy (non-hydrogen) atoms. The quantitative estimate of drug-likeness (QED) is 0.231. The molecular weight excluding hydrogens is 506 g/mol. The average molecular weight is 528 g/mol. The van der Waals surface area contributed by atoms with Crippen molar-refractivity contribution in [3.8, 4) is 22.8 Å². The smallest absolute Gasteiger partial charge is 0.266 e. The van der Waals surface area contributed by atoms with E-state index >= 15 is 0 Å². The Morgan fingerprint density at radius 3 is 1.68 bits per heavy atom. The second-order valence-electron chi connectivity index (χ2n) is 10.2. The molecule has 6 nitrogen and oxygen atoms in total. The van der Waals surface area contributed by atoms with E-state index in [9.17, 15) is 0 Å². The minimum Gasteiger partial charge on any atom is -0.416 e. The van der Waals surface area contributed by atoms with E-state index in [2.05, 4.69) is 127 Å². The molecule has 0 saturated carbocycles. The molecule has 0 unspecified atom stereocenters. The molecule has 192 valence electrons. The molecule has 0 fully saturated rings. The lowest BCUT2D eigenvalue weighted by Gasteiger charge is -2.09. The summed E-state index contributed by atoms with van der Waals surface area (Å²) < 4.78 is 10.6. The summed E-state index contributed by atoms with van der Waals surface area (Å²) >= 11 is 0. The van der Waals surface area contributed by atoms with E-state index < -0.39 is 0 Å². The largest absolute Gasteiger partial charge is 0.416 e. The lowest BCUT2D eigenvalue weighted by molar-refractivity contribution is 0.607. The van der Waals surface area contributed by atoms with Crippen molar-refractivity contribution in [1.82, 2.24) is 24.1 Å². The molecule has 0 N–H and O–H groups in total. The maximum Gasteiger partial charge on any atom is 0.266 e. The maximum atomic E-state index is 5.86. The van der Waals surface area contributed by atoms with Gasteiger partial charge in [0.05, 0.1) is 22.1 Å². The van der Waals surface area contributed by atoms with Crippen molar-refractivity contribution < 1.29 is 4.42 Å². The Morgan fingerprint density at radius 2 is 1.05 bits per heavy atom. The topological polar surface area (TPSA) is 61.7 Å². The molecular formula is C35H21N5O. The number of para-hydroxylation sites is 3. The molecule has 0 radical (unpaired) electrons. The highest BCUT2D eigenvalue weighted by Crippen LogP contribution is 2.39. The lowest BCUT2D eigenvalue weighted by atomic mass is 10.1. The number of hydrogen-bond donors (Lipinski definition) is 0. The molecule has 9 aromatic rings. The van der Waals surface area contributed by atoms with Crippen LogP contribution in [0.1, 0.15) is 0 Å². The van der Waals surface area contributed by atoms with Crippen molar-refractivity contribution in [3.63, 3.8) is 0 Å². The molecule has 0 bridgehead atoms. The predicted molar refractivity (Wildman–Crippen MR) is 164 cm³/mol.